The van der Waals surface area contributed by atoms with Gasteiger partial charge in [-0.3, -0.25) is 14.4 Å². The Kier molecular flexibility index (Phi) is 14.6. The molecule has 11 nitrogen and oxygen atoms in total. The predicted molar refractivity (Wildman–Crippen MR) is 175 cm³/mol. The van der Waals surface area contributed by atoms with Gasteiger partial charge in [-0.25, -0.2) is 4.79 Å². The minimum Gasteiger partial charge on any atom is -0.478 e. The molecule has 0 aromatic heterocycles. The molecule has 0 unspecified atom stereocenters. The van der Waals surface area contributed by atoms with Crippen LogP contribution >= 0.6 is 0 Å². The Morgan fingerprint density at radius 2 is 1.43 bits per heavy atom. The molecule has 3 rings (SSSR count). The second-order valence-electron chi connectivity index (χ2n) is 12.8. The van der Waals surface area contributed by atoms with Crippen molar-refractivity contribution in [2.45, 2.75) is 109 Å². The maximum Gasteiger partial charge on any atom is 0.335 e. The van der Waals surface area contributed by atoms with E-state index in [1.165, 1.54) is 12.1 Å². The maximum absolute atomic E-state index is 13.1. The number of nitrogens with two attached hydrogens (primary N) is 1. The van der Waals surface area contributed by atoms with Gasteiger partial charge in [0, 0.05) is 12.6 Å². The summed E-state index contributed by atoms with van der Waals surface area (Å²) in [6, 6.07) is 13.4. The third-order valence-electron chi connectivity index (χ3n) is 8.65. The van der Waals surface area contributed by atoms with Crippen LogP contribution in [0.1, 0.15) is 86.7 Å². The van der Waals surface area contributed by atoms with Gasteiger partial charge in [-0.15, -0.1) is 0 Å². The van der Waals surface area contributed by atoms with E-state index in [1.54, 1.807) is 26.0 Å². The fourth-order valence-corrected chi connectivity index (χ4v) is 5.89. The first-order valence-electron chi connectivity index (χ1n) is 16.3. The molecule has 0 bridgehead atoms. The number of rotatable bonds is 17. The van der Waals surface area contributed by atoms with Crippen molar-refractivity contribution in [2.75, 3.05) is 0 Å². The number of hydrogen-bond donors (Lipinski definition) is 7. The summed E-state index contributed by atoms with van der Waals surface area (Å²) in [5.41, 5.74) is 7.98. The lowest BCUT2D eigenvalue weighted by Crippen LogP contribution is -2.52. The lowest BCUT2D eigenvalue weighted by molar-refractivity contribution is -0.132. The van der Waals surface area contributed by atoms with E-state index in [0.29, 0.717) is 24.3 Å². The summed E-state index contributed by atoms with van der Waals surface area (Å²) in [5, 5.41) is 39.3. The van der Waals surface area contributed by atoms with E-state index in [9.17, 15) is 29.4 Å². The summed E-state index contributed by atoms with van der Waals surface area (Å²) < 4.78 is 0. The largest absolute Gasteiger partial charge is 0.478 e. The Bertz CT molecular complexity index is 1270. The quantitative estimate of drug-likeness (QED) is 0.138. The molecule has 0 spiro atoms. The second-order valence-corrected chi connectivity index (χ2v) is 12.8. The molecule has 0 aliphatic heterocycles. The molecule has 1 aliphatic rings. The van der Waals surface area contributed by atoms with Crippen molar-refractivity contribution in [1.29, 1.82) is 0 Å². The highest BCUT2D eigenvalue weighted by atomic mass is 16.4. The number of nitrogens with one attached hydrogen (secondary N) is 3. The highest BCUT2D eigenvalue weighted by molar-refractivity contribution is 5.88. The molecule has 0 radical (unpaired) electrons. The minimum atomic E-state index is -1.20. The van der Waals surface area contributed by atoms with Gasteiger partial charge in [0.05, 0.1) is 36.7 Å². The number of carboxylic acid groups (broad SMARTS) is 1. The highest BCUT2D eigenvalue weighted by Crippen LogP contribution is 2.28. The van der Waals surface area contributed by atoms with Crippen LogP contribution in [0.2, 0.25) is 0 Å². The van der Waals surface area contributed by atoms with Crippen LogP contribution in [-0.4, -0.2) is 69.3 Å². The smallest absolute Gasteiger partial charge is 0.335 e. The minimum absolute atomic E-state index is 0.141. The number of aliphatic hydroxyl groups excluding tert-OH is 2. The standard InChI is InChI=1S/C35H50N4O7/c1-22(2)33(34(44)37-21-25-13-15-26(16-14-25)35(45)46)39-32(43)20-30(41)28(18-24-11-7-4-8-12-24)38-31(42)19-29(40)27(36)17-23-9-5-3-6-10-23/h3,5-6,9-10,13-16,22,24,27-30,33,40-41H,4,7-8,11-12,17-21,36H2,1-2H3,(H,37,44)(H,38,42)(H,39,43)(H,45,46)/t27-,28-,29-,30-,33-/m0/s1. The average molecular weight is 639 g/mol. The molecule has 8 N–H and O–H groups in total. The predicted octanol–water partition coefficient (Wildman–Crippen LogP) is 2.67. The number of carboxylic acids is 1. The zero-order valence-corrected chi connectivity index (χ0v) is 26.9. The van der Waals surface area contributed by atoms with Crippen molar-refractivity contribution in [2.24, 2.45) is 17.6 Å². The lowest BCUT2D eigenvalue weighted by Gasteiger charge is -2.31. The first kappa shape index (κ1) is 36.7. The van der Waals surface area contributed by atoms with Crippen LogP contribution in [0.4, 0.5) is 0 Å². The number of carbonyl (C=O) groups excluding carboxylic acids is 3. The fourth-order valence-electron chi connectivity index (χ4n) is 5.89. The van der Waals surface area contributed by atoms with Crippen molar-refractivity contribution < 1.29 is 34.5 Å². The summed E-state index contributed by atoms with van der Waals surface area (Å²) in [7, 11) is 0. The van der Waals surface area contributed by atoms with Gasteiger partial charge in [0.25, 0.3) is 0 Å². The maximum atomic E-state index is 13.1. The molecule has 0 saturated heterocycles. The van der Waals surface area contributed by atoms with E-state index in [0.717, 1.165) is 37.7 Å². The van der Waals surface area contributed by atoms with Gasteiger partial charge < -0.3 is 37.0 Å². The molecule has 5 atom stereocenters. The number of benzene rings is 2. The number of amides is 3. The zero-order valence-electron chi connectivity index (χ0n) is 26.9. The zero-order chi connectivity index (χ0) is 33.6. The molecule has 1 saturated carbocycles. The van der Waals surface area contributed by atoms with Gasteiger partial charge in [0.15, 0.2) is 0 Å². The van der Waals surface area contributed by atoms with E-state index in [1.807, 2.05) is 30.3 Å². The van der Waals surface area contributed by atoms with Gasteiger partial charge in [0.1, 0.15) is 6.04 Å². The Hall–Kier alpha value is -3.80. The third-order valence-corrected chi connectivity index (χ3v) is 8.65. The molecule has 2 aromatic carbocycles. The SMILES string of the molecule is CC(C)[C@H](NC(=O)C[C@H](O)[C@H](CC1CCCCC1)NC(=O)C[C@H](O)[C@@H](N)Cc1ccccc1)C(=O)NCc1ccc(C(=O)O)cc1. The van der Waals surface area contributed by atoms with Crippen LogP contribution in [0, 0.1) is 11.8 Å². The van der Waals surface area contributed by atoms with Gasteiger partial charge in [-0.1, -0.05) is 88.4 Å². The number of aromatic carboxylic acids is 1. The van der Waals surface area contributed by atoms with Crippen LogP contribution in [0.15, 0.2) is 54.6 Å². The summed E-state index contributed by atoms with van der Waals surface area (Å²) >= 11 is 0. The molecule has 3 amide bonds. The highest BCUT2D eigenvalue weighted by Gasteiger charge is 2.31. The number of carbonyl (C=O) groups is 4. The summed E-state index contributed by atoms with van der Waals surface area (Å²) in [6.45, 7) is 3.74. The first-order chi connectivity index (χ1) is 21.9. The number of hydrogen-bond acceptors (Lipinski definition) is 7. The monoisotopic (exact) mass is 638 g/mol. The van der Waals surface area contributed by atoms with E-state index < -0.39 is 54.0 Å². The van der Waals surface area contributed by atoms with E-state index in [4.69, 9.17) is 10.8 Å². The van der Waals surface area contributed by atoms with Crippen molar-refractivity contribution in [3.05, 3.63) is 71.3 Å². The van der Waals surface area contributed by atoms with Gasteiger partial charge in [0.2, 0.25) is 17.7 Å². The van der Waals surface area contributed by atoms with Crippen LogP contribution in [0.3, 0.4) is 0 Å². The average Bonchev–Trinajstić information content (AvgIpc) is 3.03. The van der Waals surface area contributed by atoms with Crippen LogP contribution in [0.5, 0.6) is 0 Å². The van der Waals surface area contributed by atoms with Crippen molar-refractivity contribution in [3.63, 3.8) is 0 Å². The van der Waals surface area contributed by atoms with Crippen LogP contribution < -0.4 is 21.7 Å². The molecule has 11 heteroatoms. The summed E-state index contributed by atoms with van der Waals surface area (Å²) in [5.74, 6) is -2.39. The van der Waals surface area contributed by atoms with Gasteiger partial charge in [-0.2, -0.15) is 0 Å². The summed E-state index contributed by atoms with van der Waals surface area (Å²) in [6.07, 6.45) is 3.32. The molecule has 1 aliphatic carbocycles. The molecular formula is C35H50N4O7. The van der Waals surface area contributed by atoms with Crippen LogP contribution in [-0.2, 0) is 27.3 Å². The number of aliphatic hydroxyl groups is 2. The Balaban J connectivity index is 1.57. The van der Waals surface area contributed by atoms with Gasteiger partial charge in [-0.05, 0) is 47.9 Å². The molecular weight excluding hydrogens is 588 g/mol. The van der Waals surface area contributed by atoms with Crippen molar-refractivity contribution >= 4 is 23.7 Å². The Morgan fingerprint density at radius 1 is 0.826 bits per heavy atom. The Labute approximate surface area is 271 Å². The topological polar surface area (TPSA) is 191 Å². The molecule has 1 fully saturated rings. The summed E-state index contributed by atoms with van der Waals surface area (Å²) in [4.78, 5) is 50.2. The normalized spacial score (nSPS) is 16.9. The Morgan fingerprint density at radius 3 is 2.04 bits per heavy atom. The molecule has 2 aromatic rings. The first-order valence-corrected chi connectivity index (χ1v) is 16.3. The molecule has 0 heterocycles. The van der Waals surface area contributed by atoms with Crippen molar-refractivity contribution in [1.82, 2.24) is 16.0 Å². The van der Waals surface area contributed by atoms with E-state index in [2.05, 4.69) is 16.0 Å². The molecule has 46 heavy (non-hydrogen) atoms. The lowest BCUT2D eigenvalue weighted by atomic mass is 9.83. The van der Waals surface area contributed by atoms with Gasteiger partial charge >= 0.3 is 5.97 Å². The van der Waals surface area contributed by atoms with E-state index >= 15 is 0 Å². The fraction of sp³-hybridized carbons (Fsp3) is 0.543. The van der Waals surface area contributed by atoms with Crippen molar-refractivity contribution in [3.8, 4) is 0 Å². The third kappa shape index (κ3) is 12.2. The van der Waals surface area contributed by atoms with Crippen LogP contribution in [0.25, 0.3) is 0 Å². The second kappa shape index (κ2) is 18.4. The molecule has 252 valence electrons. The van der Waals surface area contributed by atoms with E-state index in [-0.39, 0.29) is 30.9 Å².